The lowest BCUT2D eigenvalue weighted by Crippen LogP contribution is -2.28. The molecule has 3 nitrogen and oxygen atoms in total. The molecular weight excluding hydrogens is 303 g/mol. The van der Waals surface area contributed by atoms with E-state index in [1.165, 1.54) is 0 Å². The maximum atomic E-state index is 13.6. The summed E-state index contributed by atoms with van der Waals surface area (Å²) in [4.78, 5) is -0.927. The predicted octanol–water partition coefficient (Wildman–Crippen LogP) is 3.14. The molecule has 0 aliphatic carbocycles. The average molecular weight is 315 g/mol. The third kappa shape index (κ3) is 3.25. The Kier molecular flexibility index (Phi) is 4.34. The molecule has 0 aromatic heterocycles. The normalized spacial score (nSPS) is 13.1. The van der Waals surface area contributed by atoms with Crippen LogP contribution in [-0.2, 0) is 10.0 Å². The molecule has 21 heavy (non-hydrogen) atoms. The average Bonchev–Trinajstić information content (AvgIpc) is 2.45. The van der Waals surface area contributed by atoms with Gasteiger partial charge in [-0.2, -0.15) is 0 Å². The van der Waals surface area contributed by atoms with E-state index in [0.29, 0.717) is 17.7 Å². The summed E-state index contributed by atoms with van der Waals surface area (Å²) < 4.78 is 65.9. The summed E-state index contributed by atoms with van der Waals surface area (Å²) in [6.07, 6.45) is 0. The fourth-order valence-corrected chi connectivity index (χ4v) is 3.12. The van der Waals surface area contributed by atoms with E-state index < -0.39 is 38.4 Å². The van der Waals surface area contributed by atoms with Gasteiger partial charge in [-0.05, 0) is 24.6 Å². The molecule has 0 saturated carbocycles. The van der Waals surface area contributed by atoms with Gasteiger partial charge in [0, 0.05) is 6.04 Å². The third-order valence-electron chi connectivity index (χ3n) is 2.92. The highest BCUT2D eigenvalue weighted by molar-refractivity contribution is 7.89. The molecule has 7 heteroatoms. The summed E-state index contributed by atoms with van der Waals surface area (Å²) in [6, 6.07) is 9.19. The Bertz CT molecular complexity index is 748. The SMILES string of the molecule is C[C@H](NS(=O)(=O)c1ccc(F)c(F)c1F)c1ccccc1. The van der Waals surface area contributed by atoms with E-state index in [4.69, 9.17) is 0 Å². The molecule has 0 radical (unpaired) electrons. The molecule has 0 unspecified atom stereocenters. The van der Waals surface area contributed by atoms with Gasteiger partial charge in [0.25, 0.3) is 0 Å². The second-order valence-electron chi connectivity index (χ2n) is 4.43. The molecule has 0 aliphatic heterocycles. The summed E-state index contributed by atoms with van der Waals surface area (Å²) >= 11 is 0. The van der Waals surface area contributed by atoms with Crippen molar-refractivity contribution in [1.29, 1.82) is 0 Å². The Morgan fingerprint density at radius 1 is 0.952 bits per heavy atom. The first kappa shape index (κ1) is 15.5. The van der Waals surface area contributed by atoms with Crippen LogP contribution in [0.4, 0.5) is 13.2 Å². The van der Waals surface area contributed by atoms with Crippen molar-refractivity contribution in [3.05, 3.63) is 65.5 Å². The Labute approximate surface area is 120 Å². The van der Waals surface area contributed by atoms with Crippen LogP contribution in [-0.4, -0.2) is 8.42 Å². The maximum absolute atomic E-state index is 13.6. The van der Waals surface area contributed by atoms with Crippen molar-refractivity contribution < 1.29 is 21.6 Å². The minimum Gasteiger partial charge on any atom is -0.207 e. The number of halogens is 3. The van der Waals surface area contributed by atoms with Crippen LogP contribution >= 0.6 is 0 Å². The van der Waals surface area contributed by atoms with Crippen LogP contribution in [0.25, 0.3) is 0 Å². The monoisotopic (exact) mass is 315 g/mol. The van der Waals surface area contributed by atoms with Gasteiger partial charge in [-0.3, -0.25) is 0 Å². The lowest BCUT2D eigenvalue weighted by molar-refractivity contribution is 0.431. The van der Waals surface area contributed by atoms with Gasteiger partial charge < -0.3 is 0 Å². The van der Waals surface area contributed by atoms with E-state index in [-0.39, 0.29) is 0 Å². The molecule has 2 rings (SSSR count). The fourth-order valence-electron chi connectivity index (χ4n) is 1.82. The lowest BCUT2D eigenvalue weighted by atomic mass is 10.1. The van der Waals surface area contributed by atoms with Gasteiger partial charge in [-0.15, -0.1) is 0 Å². The number of hydrogen-bond acceptors (Lipinski definition) is 2. The summed E-state index contributed by atoms with van der Waals surface area (Å²) in [5.41, 5.74) is 0.657. The van der Waals surface area contributed by atoms with Crippen molar-refractivity contribution in [3.8, 4) is 0 Å². The van der Waals surface area contributed by atoms with Crippen molar-refractivity contribution in [2.75, 3.05) is 0 Å². The molecule has 0 bridgehead atoms. The van der Waals surface area contributed by atoms with Gasteiger partial charge in [-0.25, -0.2) is 26.3 Å². The smallest absolute Gasteiger partial charge is 0.207 e. The van der Waals surface area contributed by atoms with Gasteiger partial charge in [0.05, 0.1) is 0 Å². The second-order valence-corrected chi connectivity index (χ2v) is 6.11. The van der Waals surface area contributed by atoms with Crippen molar-refractivity contribution in [1.82, 2.24) is 4.72 Å². The van der Waals surface area contributed by atoms with Crippen LogP contribution < -0.4 is 4.72 Å². The molecule has 1 N–H and O–H groups in total. The van der Waals surface area contributed by atoms with Crippen LogP contribution in [0.3, 0.4) is 0 Å². The maximum Gasteiger partial charge on any atom is 0.244 e. The molecular formula is C14H12F3NO2S. The van der Waals surface area contributed by atoms with E-state index in [9.17, 15) is 21.6 Å². The van der Waals surface area contributed by atoms with Crippen molar-refractivity contribution >= 4 is 10.0 Å². The number of nitrogens with one attached hydrogen (secondary N) is 1. The zero-order chi connectivity index (χ0) is 15.6. The fraction of sp³-hybridized carbons (Fsp3) is 0.143. The number of sulfonamides is 1. The molecule has 2 aromatic rings. The third-order valence-corrected chi connectivity index (χ3v) is 4.48. The largest absolute Gasteiger partial charge is 0.244 e. The first-order chi connectivity index (χ1) is 9.83. The van der Waals surface area contributed by atoms with Gasteiger partial charge in [0.1, 0.15) is 4.90 Å². The quantitative estimate of drug-likeness (QED) is 0.881. The Hall–Kier alpha value is -1.86. The van der Waals surface area contributed by atoms with Crippen molar-refractivity contribution in [2.45, 2.75) is 17.9 Å². The summed E-state index contributed by atoms with van der Waals surface area (Å²) in [7, 11) is -4.31. The molecule has 0 heterocycles. The molecule has 2 aromatic carbocycles. The van der Waals surface area contributed by atoms with E-state index >= 15 is 0 Å². The van der Waals surface area contributed by atoms with Gasteiger partial charge >= 0.3 is 0 Å². The highest BCUT2D eigenvalue weighted by Gasteiger charge is 2.25. The van der Waals surface area contributed by atoms with Crippen LogP contribution in [0, 0.1) is 17.5 Å². The summed E-state index contributed by atoms with van der Waals surface area (Å²) in [5.74, 6) is -4.99. The minimum atomic E-state index is -4.31. The van der Waals surface area contributed by atoms with Gasteiger partial charge in [-0.1, -0.05) is 30.3 Å². The van der Waals surface area contributed by atoms with Gasteiger partial charge in [0.15, 0.2) is 17.5 Å². The zero-order valence-corrected chi connectivity index (χ0v) is 11.8. The molecule has 112 valence electrons. The zero-order valence-electron chi connectivity index (χ0n) is 11.0. The first-order valence-corrected chi connectivity index (χ1v) is 7.52. The number of rotatable bonds is 4. The molecule has 1 atom stereocenters. The van der Waals surface area contributed by atoms with E-state index in [1.807, 2.05) is 0 Å². The Morgan fingerprint density at radius 3 is 2.19 bits per heavy atom. The van der Waals surface area contributed by atoms with Crippen LogP contribution in [0.15, 0.2) is 47.4 Å². The van der Waals surface area contributed by atoms with Crippen molar-refractivity contribution in [2.24, 2.45) is 0 Å². The molecule has 0 spiro atoms. The lowest BCUT2D eigenvalue weighted by Gasteiger charge is -2.15. The highest BCUT2D eigenvalue weighted by atomic mass is 32.2. The highest BCUT2D eigenvalue weighted by Crippen LogP contribution is 2.22. The minimum absolute atomic E-state index is 0.570. The topological polar surface area (TPSA) is 46.2 Å². The van der Waals surface area contributed by atoms with E-state index in [0.717, 1.165) is 0 Å². The number of benzene rings is 2. The Balaban J connectivity index is 2.33. The molecule has 0 amide bonds. The molecule has 0 aliphatic rings. The summed E-state index contributed by atoms with van der Waals surface area (Å²) in [5, 5.41) is 0. The molecule has 0 fully saturated rings. The van der Waals surface area contributed by atoms with E-state index in [1.54, 1.807) is 37.3 Å². The van der Waals surface area contributed by atoms with Gasteiger partial charge in [0.2, 0.25) is 10.0 Å². The van der Waals surface area contributed by atoms with Crippen LogP contribution in [0.1, 0.15) is 18.5 Å². The predicted molar refractivity (Wildman–Crippen MR) is 71.5 cm³/mol. The van der Waals surface area contributed by atoms with E-state index in [2.05, 4.69) is 4.72 Å². The second kappa shape index (κ2) is 5.87. The first-order valence-electron chi connectivity index (χ1n) is 6.03. The molecule has 0 saturated heterocycles. The van der Waals surface area contributed by atoms with Crippen LogP contribution in [0.2, 0.25) is 0 Å². The van der Waals surface area contributed by atoms with Crippen LogP contribution in [0.5, 0.6) is 0 Å². The Morgan fingerprint density at radius 2 is 1.57 bits per heavy atom. The van der Waals surface area contributed by atoms with Crippen molar-refractivity contribution in [3.63, 3.8) is 0 Å². The summed E-state index contributed by atoms with van der Waals surface area (Å²) in [6.45, 7) is 1.56. The standard InChI is InChI=1S/C14H12F3NO2S/c1-9(10-5-3-2-4-6-10)18-21(19,20)12-8-7-11(15)13(16)14(12)17/h2-9,18H,1H3/t9-/m0/s1. The number of hydrogen-bond donors (Lipinski definition) is 1.